The lowest BCUT2D eigenvalue weighted by Crippen LogP contribution is -2.36. The smallest absolute Gasteiger partial charge is 0.258 e. The van der Waals surface area contributed by atoms with Crippen LogP contribution in [0.25, 0.3) is 0 Å². The normalized spacial score (nSPS) is 17.4. The number of hydrogen-bond donors (Lipinski definition) is 0. The van der Waals surface area contributed by atoms with Crippen LogP contribution in [0.3, 0.4) is 0 Å². The molecule has 1 aromatic rings. The van der Waals surface area contributed by atoms with Crippen molar-refractivity contribution in [1.29, 1.82) is 0 Å². The van der Waals surface area contributed by atoms with E-state index in [1.165, 1.54) is 35.6 Å². The first-order valence-corrected chi connectivity index (χ1v) is 7.51. The van der Waals surface area contributed by atoms with Crippen molar-refractivity contribution in [3.05, 3.63) is 34.4 Å². The molecule has 1 fully saturated rings. The molecule has 0 radical (unpaired) electrons. The van der Waals surface area contributed by atoms with Crippen LogP contribution in [0.5, 0.6) is 0 Å². The van der Waals surface area contributed by atoms with Crippen LogP contribution < -0.4 is 0 Å². The molecular weight excluding hydrogens is 268 g/mol. The molecule has 6 nitrogen and oxygen atoms in total. The Morgan fingerprint density at radius 3 is 2.47 bits per heavy atom. The van der Waals surface area contributed by atoms with E-state index in [4.69, 9.17) is 0 Å². The van der Waals surface area contributed by atoms with E-state index in [0.29, 0.717) is 5.92 Å². The molecule has 1 aromatic carbocycles. The van der Waals surface area contributed by atoms with Crippen LogP contribution in [0.15, 0.2) is 29.2 Å². The fourth-order valence-electron chi connectivity index (χ4n) is 2.08. The second kappa shape index (κ2) is 4.90. The third-order valence-corrected chi connectivity index (χ3v) is 5.59. The van der Waals surface area contributed by atoms with Gasteiger partial charge in [0.15, 0.2) is 4.90 Å². The van der Waals surface area contributed by atoms with Gasteiger partial charge >= 0.3 is 0 Å². The van der Waals surface area contributed by atoms with Crippen molar-refractivity contribution < 1.29 is 13.3 Å². The van der Waals surface area contributed by atoms with Gasteiger partial charge in [0, 0.05) is 19.2 Å². The average Bonchev–Trinajstić information content (AvgIpc) is 3.21. The predicted molar refractivity (Wildman–Crippen MR) is 70.2 cm³/mol. The molecule has 1 saturated carbocycles. The van der Waals surface area contributed by atoms with Crippen molar-refractivity contribution in [2.45, 2.75) is 30.7 Å². The van der Waals surface area contributed by atoms with Crippen molar-refractivity contribution >= 4 is 15.7 Å². The van der Waals surface area contributed by atoms with Gasteiger partial charge in [0.25, 0.3) is 5.69 Å². The number of nitrogens with zero attached hydrogens (tertiary/aromatic N) is 2. The number of sulfonamides is 1. The minimum Gasteiger partial charge on any atom is -0.258 e. The summed E-state index contributed by atoms with van der Waals surface area (Å²) in [5.74, 6) is 0.363. The van der Waals surface area contributed by atoms with Gasteiger partial charge in [-0.1, -0.05) is 12.1 Å². The molecule has 1 aliphatic rings. The number of nitro benzene ring substituents is 1. The molecule has 0 spiro atoms. The van der Waals surface area contributed by atoms with Crippen LogP contribution in [0.2, 0.25) is 0 Å². The topological polar surface area (TPSA) is 80.5 Å². The largest absolute Gasteiger partial charge is 0.289 e. The summed E-state index contributed by atoms with van der Waals surface area (Å²) in [5, 5.41) is 10.9. The van der Waals surface area contributed by atoms with Gasteiger partial charge in [-0.3, -0.25) is 10.1 Å². The van der Waals surface area contributed by atoms with E-state index in [9.17, 15) is 18.5 Å². The highest BCUT2D eigenvalue weighted by Gasteiger charge is 2.38. The van der Waals surface area contributed by atoms with Crippen LogP contribution in [-0.2, 0) is 10.0 Å². The number of para-hydroxylation sites is 1. The van der Waals surface area contributed by atoms with Crippen molar-refractivity contribution in [2.24, 2.45) is 5.92 Å². The molecule has 0 amide bonds. The first-order valence-electron chi connectivity index (χ1n) is 6.07. The minimum atomic E-state index is -3.83. The van der Waals surface area contributed by atoms with Gasteiger partial charge in [-0.05, 0) is 31.7 Å². The van der Waals surface area contributed by atoms with E-state index in [0.717, 1.165) is 12.8 Å². The highest BCUT2D eigenvalue weighted by atomic mass is 32.2. The second-order valence-corrected chi connectivity index (χ2v) is 6.79. The Balaban J connectivity index is 2.41. The molecule has 2 rings (SSSR count). The summed E-state index contributed by atoms with van der Waals surface area (Å²) in [7, 11) is -2.35. The lowest BCUT2D eigenvalue weighted by molar-refractivity contribution is -0.387. The van der Waals surface area contributed by atoms with Crippen molar-refractivity contribution in [3.63, 3.8) is 0 Å². The molecule has 0 bridgehead atoms. The van der Waals surface area contributed by atoms with E-state index in [1.54, 1.807) is 0 Å². The Morgan fingerprint density at radius 2 is 1.95 bits per heavy atom. The lowest BCUT2D eigenvalue weighted by atomic mass is 10.2. The van der Waals surface area contributed by atoms with Crippen LogP contribution in [-0.4, -0.2) is 30.7 Å². The molecule has 0 unspecified atom stereocenters. The third kappa shape index (κ3) is 2.62. The average molecular weight is 284 g/mol. The highest BCUT2D eigenvalue weighted by molar-refractivity contribution is 7.89. The minimum absolute atomic E-state index is 0.134. The first-order chi connectivity index (χ1) is 8.85. The molecule has 0 N–H and O–H groups in total. The van der Waals surface area contributed by atoms with Crippen LogP contribution in [0.4, 0.5) is 5.69 Å². The summed E-state index contributed by atoms with van der Waals surface area (Å²) in [4.78, 5) is 10.0. The van der Waals surface area contributed by atoms with Crippen LogP contribution in [0, 0.1) is 16.0 Å². The summed E-state index contributed by atoms with van der Waals surface area (Å²) in [5.41, 5.74) is -0.377. The fourth-order valence-corrected chi connectivity index (χ4v) is 3.65. The van der Waals surface area contributed by atoms with Gasteiger partial charge in [0.1, 0.15) is 0 Å². The molecule has 104 valence electrons. The summed E-state index contributed by atoms with van der Waals surface area (Å²) in [6.45, 7) is 1.84. The SMILES string of the molecule is C[C@H](C1CC1)N(C)S(=O)(=O)c1ccccc1[N+](=O)[O-]. The zero-order valence-electron chi connectivity index (χ0n) is 10.8. The first kappa shape index (κ1) is 14.0. The summed E-state index contributed by atoms with van der Waals surface area (Å²) in [6, 6.07) is 5.31. The van der Waals surface area contributed by atoms with Gasteiger partial charge in [0.2, 0.25) is 10.0 Å². The molecule has 0 aromatic heterocycles. The van der Waals surface area contributed by atoms with Crippen LogP contribution >= 0.6 is 0 Å². The number of hydrogen-bond acceptors (Lipinski definition) is 4. The third-order valence-electron chi connectivity index (χ3n) is 3.60. The number of rotatable bonds is 5. The Kier molecular flexibility index (Phi) is 3.60. The van der Waals surface area contributed by atoms with E-state index in [-0.39, 0.29) is 16.6 Å². The second-order valence-electron chi connectivity index (χ2n) is 4.82. The maximum absolute atomic E-state index is 12.5. The summed E-state index contributed by atoms with van der Waals surface area (Å²) in [6.07, 6.45) is 2.02. The van der Waals surface area contributed by atoms with Gasteiger partial charge in [-0.25, -0.2) is 8.42 Å². The monoisotopic (exact) mass is 284 g/mol. The van der Waals surface area contributed by atoms with E-state index in [2.05, 4.69) is 0 Å². The van der Waals surface area contributed by atoms with Crippen molar-refractivity contribution in [3.8, 4) is 0 Å². The molecule has 0 heterocycles. The number of nitro groups is 1. The zero-order chi connectivity index (χ0) is 14.2. The van der Waals surface area contributed by atoms with Gasteiger partial charge in [-0.2, -0.15) is 4.31 Å². The molecule has 19 heavy (non-hydrogen) atoms. The standard InChI is InChI=1S/C12H16N2O4S/c1-9(10-7-8-10)13(2)19(17,18)12-6-4-3-5-11(12)14(15)16/h3-6,9-10H,7-8H2,1-2H3/t9-/m1/s1. The maximum Gasteiger partial charge on any atom is 0.289 e. The van der Waals surface area contributed by atoms with Crippen molar-refractivity contribution in [2.75, 3.05) is 7.05 Å². The van der Waals surface area contributed by atoms with Crippen molar-refractivity contribution in [1.82, 2.24) is 4.31 Å². The van der Waals surface area contributed by atoms with Crippen LogP contribution in [0.1, 0.15) is 19.8 Å². The maximum atomic E-state index is 12.5. The quantitative estimate of drug-likeness (QED) is 0.612. The molecular formula is C12H16N2O4S. The van der Waals surface area contributed by atoms with Gasteiger partial charge in [-0.15, -0.1) is 0 Å². The van der Waals surface area contributed by atoms with Gasteiger partial charge < -0.3 is 0 Å². The highest BCUT2D eigenvalue weighted by Crippen LogP contribution is 2.37. The Bertz CT molecular complexity index is 596. The lowest BCUT2D eigenvalue weighted by Gasteiger charge is -2.23. The summed E-state index contributed by atoms with van der Waals surface area (Å²) >= 11 is 0. The molecule has 1 aliphatic carbocycles. The zero-order valence-corrected chi connectivity index (χ0v) is 11.6. The number of benzene rings is 1. The summed E-state index contributed by atoms with van der Waals surface area (Å²) < 4.78 is 26.1. The van der Waals surface area contributed by atoms with E-state index in [1.807, 2.05) is 6.92 Å². The predicted octanol–water partition coefficient (Wildman–Crippen LogP) is 2.01. The molecule has 0 aliphatic heterocycles. The molecule has 7 heteroatoms. The van der Waals surface area contributed by atoms with E-state index < -0.39 is 14.9 Å². The Morgan fingerprint density at radius 1 is 1.37 bits per heavy atom. The van der Waals surface area contributed by atoms with E-state index >= 15 is 0 Å². The Labute approximate surface area is 112 Å². The van der Waals surface area contributed by atoms with Gasteiger partial charge in [0.05, 0.1) is 4.92 Å². The fraction of sp³-hybridized carbons (Fsp3) is 0.500. The molecule has 1 atom stereocenters. The Hall–Kier alpha value is -1.47. The molecule has 0 saturated heterocycles.